The predicted molar refractivity (Wildman–Crippen MR) is 74.7 cm³/mol. The third kappa shape index (κ3) is 12.1. The summed E-state index contributed by atoms with van der Waals surface area (Å²) in [5, 5.41) is 0. The smallest absolute Gasteiger partial charge is 0.0140 e. The minimum atomic E-state index is 0. The fourth-order valence-corrected chi connectivity index (χ4v) is 1.14. The van der Waals surface area contributed by atoms with Crippen molar-refractivity contribution in [2.24, 2.45) is 0 Å². The maximum atomic E-state index is 2.73. The van der Waals surface area contributed by atoms with Crippen LogP contribution in [0.25, 0.3) is 0 Å². The van der Waals surface area contributed by atoms with Crippen molar-refractivity contribution in [3.05, 3.63) is 35.9 Å². The van der Waals surface area contributed by atoms with E-state index < -0.39 is 0 Å². The van der Waals surface area contributed by atoms with E-state index in [0.717, 1.165) is 6.16 Å². The van der Waals surface area contributed by atoms with Gasteiger partial charge in [-0.15, -0.1) is 26.2 Å². The van der Waals surface area contributed by atoms with Gasteiger partial charge >= 0.3 is 0 Å². The predicted octanol–water partition coefficient (Wildman–Crippen LogP) is 2.86. The number of aryl methyl sites for hydroxylation is 1. The fourth-order valence-electron chi connectivity index (χ4n) is 0.811. The quantitative estimate of drug-likeness (QED) is 0.752. The van der Waals surface area contributed by atoms with E-state index in [1.54, 1.807) is 0 Å². The molecule has 3 heteroatoms. The second kappa shape index (κ2) is 11.2. The largest absolute Gasteiger partial charge is 0.312 e. The minimum Gasteiger partial charge on any atom is -0.312 e. The molecule has 1 aromatic rings. The highest BCUT2D eigenvalue weighted by Gasteiger charge is 1.84. The van der Waals surface area contributed by atoms with Crippen molar-refractivity contribution in [1.82, 2.24) is 4.90 Å². The molecule has 1 unspecified atom stereocenters. The van der Waals surface area contributed by atoms with Crippen LogP contribution in [0, 0.1) is 0 Å². The molecule has 1 rings (SSSR count). The van der Waals surface area contributed by atoms with Crippen molar-refractivity contribution < 1.29 is 0 Å². The van der Waals surface area contributed by atoms with Crippen molar-refractivity contribution >= 4 is 26.2 Å². The van der Waals surface area contributed by atoms with Crippen molar-refractivity contribution in [3.63, 3.8) is 0 Å². The molecule has 0 heterocycles. The van der Waals surface area contributed by atoms with Crippen LogP contribution in [0.1, 0.15) is 5.56 Å². The lowest BCUT2D eigenvalue weighted by Crippen LogP contribution is -1.99. The standard InChI is InChI=1S/C8H11P.C3H9N.BrH/c9-7-6-8-4-2-1-3-5-8;1-4(2)3;/h1-5H,6-7,9H2;1-3H3;1H. The first-order valence-electron chi connectivity index (χ1n) is 4.51. The molecule has 0 bridgehead atoms. The Balaban J connectivity index is 0. The summed E-state index contributed by atoms with van der Waals surface area (Å²) in [4.78, 5) is 2.00. The van der Waals surface area contributed by atoms with Crippen LogP contribution in [0.5, 0.6) is 0 Å². The second-order valence-electron chi connectivity index (χ2n) is 3.37. The van der Waals surface area contributed by atoms with Crippen molar-refractivity contribution in [2.45, 2.75) is 6.42 Å². The molecule has 0 aliphatic rings. The third-order valence-corrected chi connectivity index (χ3v) is 1.56. The van der Waals surface area contributed by atoms with Gasteiger partial charge in [-0.2, -0.15) is 0 Å². The summed E-state index contributed by atoms with van der Waals surface area (Å²) in [6.07, 6.45) is 2.33. The van der Waals surface area contributed by atoms with E-state index >= 15 is 0 Å². The van der Waals surface area contributed by atoms with E-state index in [4.69, 9.17) is 0 Å². The average molecular weight is 278 g/mol. The molecular weight excluding hydrogens is 257 g/mol. The van der Waals surface area contributed by atoms with Gasteiger partial charge in [0.15, 0.2) is 0 Å². The van der Waals surface area contributed by atoms with Crippen LogP contribution >= 0.6 is 26.2 Å². The zero-order valence-corrected chi connectivity index (χ0v) is 12.1. The molecule has 0 saturated carbocycles. The summed E-state index contributed by atoms with van der Waals surface area (Å²) >= 11 is 0. The molecule has 1 aromatic carbocycles. The van der Waals surface area contributed by atoms with Gasteiger partial charge in [-0.3, -0.25) is 0 Å². The van der Waals surface area contributed by atoms with Crippen molar-refractivity contribution in [3.8, 4) is 0 Å². The second-order valence-corrected chi connectivity index (χ2v) is 3.94. The number of halogens is 1. The Morgan fingerprint density at radius 1 is 1.07 bits per heavy atom. The molecule has 0 saturated heterocycles. The molecule has 14 heavy (non-hydrogen) atoms. The van der Waals surface area contributed by atoms with Crippen LogP contribution in [0.3, 0.4) is 0 Å². The maximum absolute atomic E-state index is 2.73. The summed E-state index contributed by atoms with van der Waals surface area (Å²) in [7, 11) is 8.73. The van der Waals surface area contributed by atoms with Gasteiger partial charge in [0.1, 0.15) is 0 Å². The highest BCUT2D eigenvalue weighted by Crippen LogP contribution is 2.00. The van der Waals surface area contributed by atoms with Gasteiger partial charge in [0.2, 0.25) is 0 Å². The lowest BCUT2D eigenvalue weighted by molar-refractivity contribution is 0.505. The van der Waals surface area contributed by atoms with E-state index in [9.17, 15) is 0 Å². The van der Waals surface area contributed by atoms with Gasteiger partial charge in [0.05, 0.1) is 0 Å². The summed E-state index contributed by atoms with van der Waals surface area (Å²) in [6.45, 7) is 0. The Bertz CT molecular complexity index is 199. The summed E-state index contributed by atoms with van der Waals surface area (Å²) in [5.41, 5.74) is 1.42. The van der Waals surface area contributed by atoms with Crippen molar-refractivity contribution in [1.29, 1.82) is 0 Å². The Kier molecular flexibility index (Phi) is 13.2. The van der Waals surface area contributed by atoms with Crippen LogP contribution in [-0.4, -0.2) is 32.2 Å². The molecule has 0 amide bonds. The third-order valence-electron chi connectivity index (χ3n) is 1.28. The van der Waals surface area contributed by atoms with Crippen LogP contribution in [0.2, 0.25) is 0 Å². The van der Waals surface area contributed by atoms with E-state index in [1.807, 2.05) is 32.1 Å². The van der Waals surface area contributed by atoms with Gasteiger partial charge in [-0.1, -0.05) is 30.3 Å². The molecule has 0 aromatic heterocycles. The zero-order valence-electron chi connectivity index (χ0n) is 9.23. The van der Waals surface area contributed by atoms with Crippen LogP contribution in [0.4, 0.5) is 0 Å². The first kappa shape index (κ1) is 16.5. The normalized spacial score (nSPS) is 8.64. The van der Waals surface area contributed by atoms with Gasteiger partial charge in [0.25, 0.3) is 0 Å². The molecule has 0 aliphatic heterocycles. The summed E-state index contributed by atoms with van der Waals surface area (Å²) in [6, 6.07) is 10.5. The average Bonchev–Trinajstić information content (AvgIpc) is 2.06. The van der Waals surface area contributed by atoms with Gasteiger partial charge in [-0.05, 0) is 39.3 Å². The number of rotatable bonds is 2. The Labute approximate surface area is 101 Å². The highest BCUT2D eigenvalue weighted by molar-refractivity contribution is 8.93. The van der Waals surface area contributed by atoms with Gasteiger partial charge in [0, 0.05) is 0 Å². The molecule has 0 spiro atoms. The van der Waals surface area contributed by atoms with E-state index in [1.165, 1.54) is 12.0 Å². The van der Waals surface area contributed by atoms with Crippen LogP contribution in [0.15, 0.2) is 30.3 Å². The fraction of sp³-hybridized carbons (Fsp3) is 0.455. The number of hydrogen-bond donors (Lipinski definition) is 0. The molecule has 1 atom stereocenters. The van der Waals surface area contributed by atoms with E-state index in [2.05, 4.69) is 33.5 Å². The van der Waals surface area contributed by atoms with Crippen LogP contribution in [-0.2, 0) is 6.42 Å². The lowest BCUT2D eigenvalue weighted by Gasteiger charge is -1.93. The molecule has 0 N–H and O–H groups in total. The minimum absolute atomic E-state index is 0. The Hall–Kier alpha value is 0.0900. The van der Waals surface area contributed by atoms with Gasteiger partial charge in [-0.25, -0.2) is 0 Å². The molecular formula is C11H21BrNP. The highest BCUT2D eigenvalue weighted by atomic mass is 79.9. The number of benzene rings is 1. The zero-order chi connectivity index (χ0) is 10.1. The molecule has 82 valence electrons. The molecule has 0 fully saturated rings. The monoisotopic (exact) mass is 277 g/mol. The summed E-state index contributed by atoms with van der Waals surface area (Å²) < 4.78 is 0. The Morgan fingerprint density at radius 3 is 1.86 bits per heavy atom. The Morgan fingerprint density at radius 2 is 1.50 bits per heavy atom. The first-order chi connectivity index (χ1) is 6.16. The number of nitrogens with zero attached hydrogens (tertiary/aromatic N) is 1. The maximum Gasteiger partial charge on any atom is -0.0140 e. The van der Waals surface area contributed by atoms with Crippen molar-refractivity contribution in [2.75, 3.05) is 27.3 Å². The van der Waals surface area contributed by atoms with Gasteiger partial charge < -0.3 is 4.90 Å². The summed E-state index contributed by atoms with van der Waals surface area (Å²) in [5.74, 6) is 0. The lowest BCUT2D eigenvalue weighted by atomic mass is 10.2. The first-order valence-corrected chi connectivity index (χ1v) is 5.33. The molecule has 1 nitrogen and oxygen atoms in total. The van der Waals surface area contributed by atoms with Crippen LogP contribution < -0.4 is 0 Å². The number of hydrogen-bond acceptors (Lipinski definition) is 1. The molecule has 0 aliphatic carbocycles. The topological polar surface area (TPSA) is 3.24 Å². The SMILES string of the molecule is Br.CN(C)C.PCCc1ccccc1. The van der Waals surface area contributed by atoms with E-state index in [0.29, 0.717) is 0 Å². The van der Waals surface area contributed by atoms with E-state index in [-0.39, 0.29) is 17.0 Å². The molecule has 0 radical (unpaired) electrons.